The van der Waals surface area contributed by atoms with E-state index in [1.54, 1.807) is 27.7 Å². The van der Waals surface area contributed by atoms with Crippen LogP contribution >= 0.6 is 0 Å². The molecule has 0 N–H and O–H groups in total. The van der Waals surface area contributed by atoms with Crippen LogP contribution in [0, 0.1) is 5.92 Å². The maximum absolute atomic E-state index is 12.4. The number of hydrogen-bond acceptors (Lipinski definition) is 7. The molecular formula is C19H24O7. The zero-order valence-electron chi connectivity index (χ0n) is 15.7. The molecule has 0 saturated heterocycles. The molecule has 142 valence electrons. The number of hydrogen-bond donors (Lipinski definition) is 0. The Balaban J connectivity index is 2.70. The lowest BCUT2D eigenvalue weighted by atomic mass is 9.95. The molecule has 0 heterocycles. The highest BCUT2D eigenvalue weighted by Crippen LogP contribution is 2.17. The van der Waals surface area contributed by atoms with Gasteiger partial charge < -0.3 is 14.2 Å². The van der Waals surface area contributed by atoms with E-state index >= 15 is 0 Å². The van der Waals surface area contributed by atoms with Crippen LogP contribution in [0.15, 0.2) is 24.3 Å². The summed E-state index contributed by atoms with van der Waals surface area (Å²) >= 11 is 0. The third-order valence-electron chi connectivity index (χ3n) is 3.19. The fourth-order valence-corrected chi connectivity index (χ4v) is 1.93. The number of rotatable bonds is 8. The molecule has 0 bridgehead atoms. The molecular weight excluding hydrogens is 340 g/mol. The van der Waals surface area contributed by atoms with Gasteiger partial charge in [0.05, 0.1) is 12.5 Å². The maximum Gasteiger partial charge on any atom is 0.375 e. The van der Waals surface area contributed by atoms with Crippen LogP contribution in [-0.4, -0.2) is 42.3 Å². The Bertz CT molecular complexity index is 668. The average Bonchev–Trinajstić information content (AvgIpc) is 2.57. The molecule has 0 aliphatic heterocycles. The Morgan fingerprint density at radius 2 is 1.62 bits per heavy atom. The molecule has 26 heavy (non-hydrogen) atoms. The van der Waals surface area contributed by atoms with E-state index < -0.39 is 35.0 Å². The summed E-state index contributed by atoms with van der Waals surface area (Å²) in [7, 11) is 0. The number of ketones is 2. The summed E-state index contributed by atoms with van der Waals surface area (Å²) in [6, 6.07) is 5.91. The van der Waals surface area contributed by atoms with Crippen LogP contribution in [0.3, 0.4) is 0 Å². The molecule has 7 nitrogen and oxygen atoms in total. The topological polar surface area (TPSA) is 96.0 Å². The van der Waals surface area contributed by atoms with Crippen LogP contribution in [0.1, 0.15) is 45.0 Å². The van der Waals surface area contributed by atoms with E-state index in [2.05, 4.69) is 0 Å². The molecule has 0 aromatic heterocycles. The maximum atomic E-state index is 12.4. The van der Waals surface area contributed by atoms with E-state index in [0.29, 0.717) is 5.75 Å². The lowest BCUT2D eigenvalue weighted by molar-refractivity contribution is -0.163. The average molecular weight is 364 g/mol. The van der Waals surface area contributed by atoms with Crippen molar-refractivity contribution in [2.24, 2.45) is 5.92 Å². The summed E-state index contributed by atoms with van der Waals surface area (Å²) in [5.74, 6) is -3.71. The third-order valence-corrected chi connectivity index (χ3v) is 3.19. The Labute approximate surface area is 152 Å². The third kappa shape index (κ3) is 6.66. The number of Topliss-reactive ketones (excluding diaryl/α,β-unsaturated/α-hetero) is 2. The van der Waals surface area contributed by atoms with Crippen molar-refractivity contribution in [2.45, 2.75) is 40.2 Å². The van der Waals surface area contributed by atoms with Gasteiger partial charge >= 0.3 is 11.9 Å². The molecule has 0 radical (unpaired) electrons. The number of benzene rings is 1. The molecule has 1 aromatic rings. The number of carbonyl (C=O) groups is 4. The van der Waals surface area contributed by atoms with Crippen molar-refractivity contribution in [1.29, 1.82) is 0 Å². The van der Waals surface area contributed by atoms with Gasteiger partial charge in [0.25, 0.3) is 5.78 Å². The number of ether oxygens (including phenoxy) is 3. The first-order chi connectivity index (χ1) is 12.0. The van der Waals surface area contributed by atoms with Crippen molar-refractivity contribution in [2.75, 3.05) is 13.2 Å². The molecule has 0 fully saturated rings. The van der Waals surface area contributed by atoms with E-state index in [0.717, 1.165) is 0 Å². The monoisotopic (exact) mass is 364 g/mol. The van der Waals surface area contributed by atoms with Crippen LogP contribution in [-0.2, 0) is 23.9 Å². The molecule has 0 amide bonds. The smallest absolute Gasteiger partial charge is 0.375 e. The predicted molar refractivity (Wildman–Crippen MR) is 92.9 cm³/mol. The lowest BCUT2D eigenvalue weighted by Gasteiger charge is -2.19. The van der Waals surface area contributed by atoms with Gasteiger partial charge in [-0.25, -0.2) is 9.59 Å². The predicted octanol–water partition coefficient (Wildman–Crippen LogP) is 2.36. The van der Waals surface area contributed by atoms with Gasteiger partial charge in [-0.2, -0.15) is 0 Å². The second-order valence-corrected chi connectivity index (χ2v) is 6.57. The minimum absolute atomic E-state index is 0.241. The van der Waals surface area contributed by atoms with E-state index in [-0.39, 0.29) is 18.8 Å². The molecule has 1 unspecified atom stereocenters. The molecule has 1 rings (SSSR count). The van der Waals surface area contributed by atoms with Crippen LogP contribution in [0.25, 0.3) is 0 Å². The van der Waals surface area contributed by atoms with Gasteiger partial charge in [-0.1, -0.05) is 0 Å². The SMILES string of the molecule is CCOC(=O)COc1ccc(C(=O)C(C)C(=O)C(=O)OC(C)(C)C)cc1. The highest BCUT2D eigenvalue weighted by molar-refractivity contribution is 6.39. The molecule has 7 heteroatoms. The van der Waals surface area contributed by atoms with Crippen molar-refractivity contribution in [3.8, 4) is 5.75 Å². The van der Waals surface area contributed by atoms with Gasteiger partial charge in [-0.15, -0.1) is 0 Å². The quantitative estimate of drug-likeness (QED) is 0.302. The van der Waals surface area contributed by atoms with Gasteiger partial charge in [-0.05, 0) is 58.9 Å². The Kier molecular flexibility index (Phi) is 7.49. The van der Waals surface area contributed by atoms with Crippen molar-refractivity contribution in [3.05, 3.63) is 29.8 Å². The fraction of sp³-hybridized carbons (Fsp3) is 0.474. The van der Waals surface area contributed by atoms with E-state index in [9.17, 15) is 19.2 Å². The molecule has 0 saturated carbocycles. The van der Waals surface area contributed by atoms with Crippen molar-refractivity contribution in [3.63, 3.8) is 0 Å². The lowest BCUT2D eigenvalue weighted by Crippen LogP contribution is -2.34. The van der Waals surface area contributed by atoms with Crippen LogP contribution in [0.5, 0.6) is 5.75 Å². The zero-order valence-corrected chi connectivity index (χ0v) is 15.7. The molecule has 1 atom stereocenters. The van der Waals surface area contributed by atoms with Gasteiger partial charge in [0.15, 0.2) is 12.4 Å². The van der Waals surface area contributed by atoms with Crippen LogP contribution < -0.4 is 4.74 Å². The second-order valence-electron chi connectivity index (χ2n) is 6.57. The van der Waals surface area contributed by atoms with Gasteiger partial charge in [-0.3, -0.25) is 9.59 Å². The van der Waals surface area contributed by atoms with E-state index in [1.165, 1.54) is 31.2 Å². The van der Waals surface area contributed by atoms with Gasteiger partial charge in [0, 0.05) is 5.56 Å². The first-order valence-electron chi connectivity index (χ1n) is 8.25. The van der Waals surface area contributed by atoms with E-state index in [4.69, 9.17) is 14.2 Å². The number of carbonyl (C=O) groups excluding carboxylic acids is 4. The van der Waals surface area contributed by atoms with Crippen LogP contribution in [0.4, 0.5) is 0 Å². The second kappa shape index (κ2) is 9.12. The van der Waals surface area contributed by atoms with E-state index in [1.807, 2.05) is 0 Å². The van der Waals surface area contributed by atoms with Gasteiger partial charge in [0.2, 0.25) is 0 Å². The summed E-state index contributed by atoms with van der Waals surface area (Å²) in [5, 5.41) is 0. The molecule has 0 aliphatic rings. The van der Waals surface area contributed by atoms with Crippen molar-refractivity contribution in [1.82, 2.24) is 0 Å². The molecule has 1 aromatic carbocycles. The fourth-order valence-electron chi connectivity index (χ4n) is 1.93. The molecule has 0 aliphatic carbocycles. The summed E-state index contributed by atoms with van der Waals surface area (Å²) in [6.45, 7) is 7.99. The summed E-state index contributed by atoms with van der Waals surface area (Å²) in [6.07, 6.45) is 0. The number of esters is 2. The Hall–Kier alpha value is -2.70. The molecule has 0 spiro atoms. The standard InChI is InChI=1S/C19H24O7/c1-6-24-15(20)11-25-14-9-7-13(8-10-14)16(21)12(2)17(22)18(23)26-19(3,4)5/h7-10,12H,6,11H2,1-5H3. The summed E-state index contributed by atoms with van der Waals surface area (Å²) in [4.78, 5) is 47.5. The zero-order chi connectivity index (χ0) is 19.9. The Morgan fingerprint density at radius 1 is 1.04 bits per heavy atom. The summed E-state index contributed by atoms with van der Waals surface area (Å²) < 4.78 is 15.0. The van der Waals surface area contributed by atoms with Crippen molar-refractivity contribution < 1.29 is 33.4 Å². The van der Waals surface area contributed by atoms with Crippen LogP contribution in [0.2, 0.25) is 0 Å². The minimum Gasteiger partial charge on any atom is -0.482 e. The minimum atomic E-state index is -1.16. The Morgan fingerprint density at radius 3 is 2.12 bits per heavy atom. The first kappa shape index (κ1) is 21.3. The van der Waals surface area contributed by atoms with Gasteiger partial charge in [0.1, 0.15) is 11.4 Å². The van der Waals surface area contributed by atoms with Crippen molar-refractivity contribution >= 4 is 23.5 Å². The summed E-state index contributed by atoms with van der Waals surface area (Å²) in [5.41, 5.74) is -0.564. The largest absolute Gasteiger partial charge is 0.482 e. The highest BCUT2D eigenvalue weighted by atomic mass is 16.6. The highest BCUT2D eigenvalue weighted by Gasteiger charge is 2.31. The normalized spacial score (nSPS) is 12.0. The first-order valence-corrected chi connectivity index (χ1v) is 8.25.